The first-order valence-corrected chi connectivity index (χ1v) is 6.41. The molecule has 0 aliphatic heterocycles. The fourth-order valence-corrected chi connectivity index (χ4v) is 1.85. The smallest absolute Gasteiger partial charge is 0.239 e. The van der Waals surface area contributed by atoms with Crippen LogP contribution in [0.4, 0.5) is 4.39 Å². The monoisotopic (exact) mass is 292 g/mol. The number of methoxy groups -OCH3 is 1. The lowest BCUT2D eigenvalue weighted by Crippen LogP contribution is -2.43. The van der Waals surface area contributed by atoms with Gasteiger partial charge in [-0.1, -0.05) is 6.07 Å². The van der Waals surface area contributed by atoms with Gasteiger partial charge in [-0.05, 0) is 17.7 Å². The Morgan fingerprint density at radius 1 is 1.57 bits per heavy atom. The first-order valence-electron chi connectivity index (χ1n) is 6.41. The molecule has 2 rings (SSSR count). The molecule has 3 N–H and O–H groups in total. The highest BCUT2D eigenvalue weighted by atomic mass is 19.1. The molecule has 0 aliphatic carbocycles. The predicted octanol–water partition coefficient (Wildman–Crippen LogP) is 0.601. The zero-order valence-electron chi connectivity index (χ0n) is 11.6. The van der Waals surface area contributed by atoms with Crippen LogP contribution in [0.5, 0.6) is 0 Å². The summed E-state index contributed by atoms with van der Waals surface area (Å²) in [5.41, 5.74) is 6.64. The minimum atomic E-state index is -0.731. The highest BCUT2D eigenvalue weighted by Gasteiger charge is 2.13. The molecule has 1 unspecified atom stereocenters. The molecule has 1 amide bonds. The summed E-state index contributed by atoms with van der Waals surface area (Å²) in [6.07, 6.45) is 4.75. The van der Waals surface area contributed by atoms with Crippen molar-refractivity contribution in [1.82, 2.24) is 14.9 Å². The van der Waals surface area contributed by atoms with Crippen molar-refractivity contribution in [3.63, 3.8) is 0 Å². The fraction of sp³-hybridized carbons (Fsp3) is 0.286. The molecule has 112 valence electrons. The molecule has 0 spiro atoms. The van der Waals surface area contributed by atoms with Gasteiger partial charge in [-0.2, -0.15) is 0 Å². The number of hydrogen-bond acceptors (Lipinski definition) is 4. The number of halogens is 1. The minimum absolute atomic E-state index is 0.139. The van der Waals surface area contributed by atoms with Crippen molar-refractivity contribution < 1.29 is 13.9 Å². The van der Waals surface area contributed by atoms with Crippen LogP contribution < -0.4 is 11.1 Å². The lowest BCUT2D eigenvalue weighted by molar-refractivity contribution is -0.123. The summed E-state index contributed by atoms with van der Waals surface area (Å²) >= 11 is 0. The van der Waals surface area contributed by atoms with Crippen molar-refractivity contribution in [1.29, 1.82) is 0 Å². The molecule has 0 bridgehead atoms. The van der Waals surface area contributed by atoms with E-state index in [1.165, 1.54) is 19.5 Å². The van der Waals surface area contributed by atoms with Crippen molar-refractivity contribution >= 4 is 5.91 Å². The van der Waals surface area contributed by atoms with Crippen LogP contribution in [0.2, 0.25) is 0 Å². The summed E-state index contributed by atoms with van der Waals surface area (Å²) < 4.78 is 20.4. The van der Waals surface area contributed by atoms with Gasteiger partial charge in [-0.25, -0.2) is 9.37 Å². The molecule has 1 aromatic carbocycles. The second-order valence-electron chi connectivity index (χ2n) is 4.54. The van der Waals surface area contributed by atoms with Crippen LogP contribution in [-0.2, 0) is 16.1 Å². The molecule has 0 aliphatic rings. The van der Waals surface area contributed by atoms with Gasteiger partial charge in [0, 0.05) is 26.0 Å². The minimum Gasteiger partial charge on any atom is -0.383 e. The first kappa shape index (κ1) is 15.1. The molecular formula is C14H17FN4O2. The van der Waals surface area contributed by atoms with Crippen LogP contribution in [-0.4, -0.2) is 35.2 Å². The number of nitrogens with two attached hydrogens (primary N) is 1. The van der Waals surface area contributed by atoms with Gasteiger partial charge in [-0.3, -0.25) is 4.79 Å². The van der Waals surface area contributed by atoms with E-state index >= 15 is 0 Å². The Labute approximate surface area is 121 Å². The normalized spacial score (nSPS) is 12.1. The standard InChI is InChI=1S/C14H17FN4O2/c1-21-8-12(16)14(20)18-7-10-2-3-13(11(15)6-10)19-5-4-17-9-19/h2-6,9,12H,7-8,16H2,1H3,(H,18,20). The Morgan fingerprint density at radius 3 is 3.00 bits per heavy atom. The number of amides is 1. The van der Waals surface area contributed by atoms with Crippen LogP contribution in [0.1, 0.15) is 5.56 Å². The van der Waals surface area contributed by atoms with Crippen molar-refractivity contribution in [3.05, 3.63) is 48.3 Å². The number of carbonyl (C=O) groups excluding carboxylic acids is 1. The topological polar surface area (TPSA) is 82.2 Å². The third-order valence-corrected chi connectivity index (χ3v) is 2.94. The van der Waals surface area contributed by atoms with Crippen LogP contribution in [0.3, 0.4) is 0 Å². The molecule has 0 saturated carbocycles. The van der Waals surface area contributed by atoms with Crippen LogP contribution in [0.25, 0.3) is 5.69 Å². The summed E-state index contributed by atoms with van der Waals surface area (Å²) in [5, 5.41) is 2.64. The Bertz CT molecular complexity index is 601. The molecule has 2 aromatic rings. The van der Waals surface area contributed by atoms with Gasteiger partial charge in [0.2, 0.25) is 5.91 Å². The molecule has 1 atom stereocenters. The SMILES string of the molecule is COCC(N)C(=O)NCc1ccc(-n2ccnc2)c(F)c1. The molecule has 1 heterocycles. The number of nitrogens with one attached hydrogen (secondary N) is 1. The average Bonchev–Trinajstić information content (AvgIpc) is 2.99. The Kier molecular flexibility index (Phi) is 5.02. The third-order valence-electron chi connectivity index (χ3n) is 2.94. The van der Waals surface area contributed by atoms with E-state index in [-0.39, 0.29) is 24.9 Å². The molecule has 21 heavy (non-hydrogen) atoms. The number of hydrogen-bond donors (Lipinski definition) is 2. The van der Waals surface area contributed by atoms with Crippen molar-refractivity contribution in [3.8, 4) is 5.69 Å². The summed E-state index contributed by atoms with van der Waals surface area (Å²) in [6.45, 7) is 0.344. The van der Waals surface area contributed by atoms with E-state index in [1.807, 2.05) is 0 Å². The van der Waals surface area contributed by atoms with E-state index in [9.17, 15) is 9.18 Å². The highest BCUT2D eigenvalue weighted by molar-refractivity contribution is 5.81. The molecule has 6 nitrogen and oxygen atoms in total. The number of carbonyl (C=O) groups is 1. The van der Waals surface area contributed by atoms with Gasteiger partial charge in [-0.15, -0.1) is 0 Å². The van der Waals surface area contributed by atoms with E-state index in [0.717, 1.165) is 0 Å². The van der Waals surface area contributed by atoms with E-state index < -0.39 is 6.04 Å². The van der Waals surface area contributed by atoms with Crippen LogP contribution in [0, 0.1) is 5.82 Å². The first-order chi connectivity index (χ1) is 10.1. The number of nitrogens with zero attached hydrogens (tertiary/aromatic N) is 2. The zero-order chi connectivity index (χ0) is 15.2. The number of rotatable bonds is 6. The second-order valence-corrected chi connectivity index (χ2v) is 4.54. The molecule has 1 aromatic heterocycles. The van der Waals surface area contributed by atoms with Crippen molar-refractivity contribution in [2.24, 2.45) is 5.73 Å². The summed E-state index contributed by atoms with van der Waals surface area (Å²) in [5.74, 6) is -0.725. The highest BCUT2D eigenvalue weighted by Crippen LogP contribution is 2.14. The third kappa shape index (κ3) is 3.87. The quantitative estimate of drug-likeness (QED) is 0.817. The Hall–Kier alpha value is -2.25. The van der Waals surface area contributed by atoms with Crippen LogP contribution >= 0.6 is 0 Å². The molecule has 0 radical (unpaired) electrons. The number of aromatic nitrogens is 2. The number of ether oxygens (including phenoxy) is 1. The van der Waals surface area contributed by atoms with E-state index in [2.05, 4.69) is 10.3 Å². The largest absolute Gasteiger partial charge is 0.383 e. The molecule has 0 saturated heterocycles. The summed E-state index contributed by atoms with van der Waals surface area (Å²) in [6, 6.07) is 4.01. The van der Waals surface area contributed by atoms with Gasteiger partial charge < -0.3 is 20.4 Å². The lowest BCUT2D eigenvalue weighted by atomic mass is 10.2. The van der Waals surface area contributed by atoms with E-state index in [4.69, 9.17) is 10.5 Å². The molecular weight excluding hydrogens is 275 g/mol. The predicted molar refractivity (Wildman–Crippen MR) is 75.2 cm³/mol. The van der Waals surface area contributed by atoms with Gasteiger partial charge in [0.1, 0.15) is 11.9 Å². The van der Waals surface area contributed by atoms with E-state index in [0.29, 0.717) is 11.3 Å². The van der Waals surface area contributed by atoms with Gasteiger partial charge >= 0.3 is 0 Å². The maximum Gasteiger partial charge on any atom is 0.239 e. The zero-order valence-corrected chi connectivity index (χ0v) is 11.6. The second kappa shape index (κ2) is 6.96. The summed E-state index contributed by atoms with van der Waals surface area (Å²) in [4.78, 5) is 15.5. The van der Waals surface area contributed by atoms with Gasteiger partial charge in [0.05, 0.1) is 18.6 Å². The molecule has 0 fully saturated rings. The summed E-state index contributed by atoms with van der Waals surface area (Å²) in [7, 11) is 1.47. The van der Waals surface area contributed by atoms with E-state index in [1.54, 1.807) is 29.1 Å². The molecule has 7 heteroatoms. The Balaban J connectivity index is 1.99. The maximum atomic E-state index is 14.0. The van der Waals surface area contributed by atoms with Gasteiger partial charge in [0.25, 0.3) is 0 Å². The average molecular weight is 292 g/mol. The van der Waals surface area contributed by atoms with Crippen molar-refractivity contribution in [2.75, 3.05) is 13.7 Å². The number of imidazole rings is 1. The maximum absolute atomic E-state index is 14.0. The number of benzene rings is 1. The van der Waals surface area contributed by atoms with Crippen molar-refractivity contribution in [2.45, 2.75) is 12.6 Å². The Morgan fingerprint density at radius 2 is 2.38 bits per heavy atom. The van der Waals surface area contributed by atoms with Crippen LogP contribution in [0.15, 0.2) is 36.9 Å². The van der Waals surface area contributed by atoms with Gasteiger partial charge in [0.15, 0.2) is 0 Å². The lowest BCUT2D eigenvalue weighted by Gasteiger charge is -2.12. The fourth-order valence-electron chi connectivity index (χ4n) is 1.85.